The van der Waals surface area contributed by atoms with E-state index < -0.39 is 32.5 Å². The molecule has 0 spiro atoms. The predicted octanol–water partition coefficient (Wildman–Crippen LogP) is 3.19. The minimum Gasteiger partial charge on any atom is -0.481 e. The molecular formula is C21H22N4O6S. The Balaban J connectivity index is 1.73. The maximum atomic E-state index is 12.9. The van der Waals surface area contributed by atoms with Crippen LogP contribution in [0, 0.1) is 16.0 Å². The number of hydrogen-bond acceptors (Lipinski definition) is 7. The van der Waals surface area contributed by atoms with Crippen molar-refractivity contribution in [3.63, 3.8) is 0 Å². The molecule has 10 nitrogen and oxygen atoms in total. The van der Waals surface area contributed by atoms with E-state index >= 15 is 0 Å². The standard InChI is InChI=1S/C21H22N4O6S/c26-21(27)17-10-13-24(14-11-17)32(30,31)18-8-9-19(20(15-18)25(28)29)23-22-12-4-7-16-5-2-1-3-6-16/h1-9,12,15,17,23H,10-11,13-14H2,(H,26,27). The molecule has 168 valence electrons. The molecule has 0 amide bonds. The van der Waals surface area contributed by atoms with Gasteiger partial charge in [0.15, 0.2) is 0 Å². The molecule has 0 bridgehead atoms. The van der Waals surface area contributed by atoms with E-state index in [4.69, 9.17) is 5.11 Å². The Morgan fingerprint density at radius 1 is 1.19 bits per heavy atom. The number of carbonyl (C=O) groups is 1. The molecule has 32 heavy (non-hydrogen) atoms. The Bertz CT molecular complexity index is 1140. The topological polar surface area (TPSA) is 142 Å². The Kier molecular flexibility index (Phi) is 7.33. The lowest BCUT2D eigenvalue weighted by molar-refractivity contribution is -0.384. The summed E-state index contributed by atoms with van der Waals surface area (Å²) in [6, 6.07) is 13.0. The van der Waals surface area contributed by atoms with Crippen LogP contribution in [0.15, 0.2) is 64.6 Å². The maximum absolute atomic E-state index is 12.9. The highest BCUT2D eigenvalue weighted by molar-refractivity contribution is 7.89. The molecule has 2 aromatic carbocycles. The van der Waals surface area contributed by atoms with Gasteiger partial charge in [-0.3, -0.25) is 20.3 Å². The van der Waals surface area contributed by atoms with Gasteiger partial charge < -0.3 is 5.11 Å². The van der Waals surface area contributed by atoms with E-state index in [1.807, 2.05) is 36.4 Å². The van der Waals surface area contributed by atoms with Crippen LogP contribution in [0.25, 0.3) is 6.08 Å². The van der Waals surface area contributed by atoms with Crippen molar-refractivity contribution in [1.82, 2.24) is 4.31 Å². The van der Waals surface area contributed by atoms with E-state index in [-0.39, 0.29) is 36.5 Å². The fraction of sp³-hybridized carbons (Fsp3) is 0.238. The summed E-state index contributed by atoms with van der Waals surface area (Å²) in [5.74, 6) is -1.54. The van der Waals surface area contributed by atoms with Gasteiger partial charge in [-0.15, -0.1) is 0 Å². The zero-order valence-corrected chi connectivity index (χ0v) is 17.8. The number of nitro benzene ring substituents is 1. The van der Waals surface area contributed by atoms with E-state index in [9.17, 15) is 23.3 Å². The van der Waals surface area contributed by atoms with Gasteiger partial charge in [0.2, 0.25) is 10.0 Å². The highest BCUT2D eigenvalue weighted by Crippen LogP contribution is 2.30. The second-order valence-electron chi connectivity index (χ2n) is 7.11. The Morgan fingerprint density at radius 3 is 2.50 bits per heavy atom. The molecule has 1 fully saturated rings. The summed E-state index contributed by atoms with van der Waals surface area (Å²) < 4.78 is 26.9. The van der Waals surface area contributed by atoms with E-state index in [2.05, 4.69) is 10.5 Å². The molecule has 1 aliphatic rings. The fourth-order valence-corrected chi connectivity index (χ4v) is 4.77. The molecule has 0 radical (unpaired) electrons. The van der Waals surface area contributed by atoms with E-state index in [1.165, 1.54) is 18.3 Å². The molecule has 1 aliphatic heterocycles. The average Bonchev–Trinajstić information content (AvgIpc) is 2.79. The van der Waals surface area contributed by atoms with Crippen LogP contribution in [0.3, 0.4) is 0 Å². The van der Waals surface area contributed by atoms with Gasteiger partial charge in [0.25, 0.3) is 5.69 Å². The first-order valence-electron chi connectivity index (χ1n) is 9.81. The number of nitrogens with one attached hydrogen (secondary N) is 1. The molecule has 1 heterocycles. The fourth-order valence-electron chi connectivity index (χ4n) is 3.28. The smallest absolute Gasteiger partial charge is 0.306 e. The van der Waals surface area contributed by atoms with Crippen molar-refractivity contribution in [3.05, 3.63) is 70.3 Å². The van der Waals surface area contributed by atoms with Crippen molar-refractivity contribution < 1.29 is 23.2 Å². The van der Waals surface area contributed by atoms with Crippen molar-refractivity contribution >= 4 is 39.7 Å². The van der Waals surface area contributed by atoms with Gasteiger partial charge in [0.05, 0.1) is 15.7 Å². The zero-order chi connectivity index (χ0) is 23.1. The van der Waals surface area contributed by atoms with E-state index in [1.54, 1.807) is 6.08 Å². The third-order valence-electron chi connectivity index (χ3n) is 5.04. The van der Waals surface area contributed by atoms with Crippen molar-refractivity contribution in [1.29, 1.82) is 0 Å². The van der Waals surface area contributed by atoms with Gasteiger partial charge in [0.1, 0.15) is 5.69 Å². The quantitative estimate of drug-likeness (QED) is 0.351. The molecule has 3 rings (SSSR count). The van der Waals surface area contributed by atoms with Crippen molar-refractivity contribution in [2.75, 3.05) is 18.5 Å². The lowest BCUT2D eigenvalue weighted by Crippen LogP contribution is -2.40. The highest BCUT2D eigenvalue weighted by atomic mass is 32.2. The third kappa shape index (κ3) is 5.56. The van der Waals surface area contributed by atoms with Crippen molar-refractivity contribution in [3.8, 4) is 0 Å². The number of allylic oxidation sites excluding steroid dienone is 1. The van der Waals surface area contributed by atoms with Crippen LogP contribution in [0.2, 0.25) is 0 Å². The maximum Gasteiger partial charge on any atom is 0.306 e. The molecular weight excluding hydrogens is 436 g/mol. The number of nitrogens with zero attached hydrogens (tertiary/aromatic N) is 3. The molecule has 0 aliphatic carbocycles. The van der Waals surface area contributed by atoms with Gasteiger partial charge in [-0.25, -0.2) is 8.42 Å². The number of sulfonamides is 1. The summed E-state index contributed by atoms with van der Waals surface area (Å²) in [6.07, 6.45) is 5.29. The SMILES string of the molecule is O=C(O)C1CCN(S(=O)(=O)c2ccc(NN=CC=Cc3ccccc3)c([N+](=O)[O-])c2)CC1. The van der Waals surface area contributed by atoms with Crippen molar-refractivity contribution in [2.45, 2.75) is 17.7 Å². The molecule has 2 aromatic rings. The summed E-state index contributed by atoms with van der Waals surface area (Å²) in [5.41, 5.74) is 3.13. The van der Waals surface area contributed by atoms with Crippen LogP contribution >= 0.6 is 0 Å². The summed E-state index contributed by atoms with van der Waals surface area (Å²) >= 11 is 0. The molecule has 0 atom stereocenters. The first-order valence-corrected chi connectivity index (χ1v) is 11.3. The second-order valence-corrected chi connectivity index (χ2v) is 9.05. The van der Waals surface area contributed by atoms with Crippen LogP contribution in [0.5, 0.6) is 0 Å². The molecule has 2 N–H and O–H groups in total. The number of carboxylic acids is 1. The molecule has 0 aromatic heterocycles. The number of piperidine rings is 1. The van der Waals surface area contributed by atoms with Gasteiger partial charge in [-0.2, -0.15) is 9.41 Å². The third-order valence-corrected chi connectivity index (χ3v) is 6.94. The Morgan fingerprint density at radius 2 is 1.88 bits per heavy atom. The van der Waals surface area contributed by atoms with E-state index in [0.29, 0.717) is 0 Å². The summed E-state index contributed by atoms with van der Waals surface area (Å²) in [7, 11) is -3.99. The first kappa shape index (κ1) is 23.1. The number of aliphatic carboxylic acids is 1. The van der Waals surface area contributed by atoms with Gasteiger partial charge in [-0.05, 0) is 36.6 Å². The Labute approximate surface area is 185 Å². The highest BCUT2D eigenvalue weighted by Gasteiger charge is 2.33. The number of rotatable bonds is 8. The largest absolute Gasteiger partial charge is 0.481 e. The van der Waals surface area contributed by atoms with Crippen LogP contribution < -0.4 is 5.43 Å². The van der Waals surface area contributed by atoms with E-state index in [0.717, 1.165) is 15.9 Å². The first-order chi connectivity index (χ1) is 15.3. The van der Waals surface area contributed by atoms with Gasteiger partial charge >= 0.3 is 5.97 Å². The summed E-state index contributed by atoms with van der Waals surface area (Å²) in [4.78, 5) is 21.7. The Hall–Kier alpha value is -3.57. The molecule has 0 unspecified atom stereocenters. The molecule has 11 heteroatoms. The lowest BCUT2D eigenvalue weighted by atomic mass is 9.99. The minimum atomic E-state index is -3.99. The number of hydrazone groups is 1. The lowest BCUT2D eigenvalue weighted by Gasteiger charge is -2.29. The number of nitro groups is 1. The number of benzene rings is 2. The monoisotopic (exact) mass is 458 g/mol. The normalized spacial score (nSPS) is 15.9. The second kappa shape index (κ2) is 10.2. The van der Waals surface area contributed by atoms with Gasteiger partial charge in [-0.1, -0.05) is 36.4 Å². The number of hydrogen-bond donors (Lipinski definition) is 2. The van der Waals surface area contributed by atoms with Gasteiger partial charge in [0, 0.05) is 25.4 Å². The molecule has 1 saturated heterocycles. The van der Waals surface area contributed by atoms with Crippen LogP contribution in [0.4, 0.5) is 11.4 Å². The minimum absolute atomic E-state index is 0.0443. The van der Waals surface area contributed by atoms with Crippen LogP contribution in [-0.2, 0) is 14.8 Å². The molecule has 0 saturated carbocycles. The number of carboxylic acid groups (broad SMARTS) is 1. The number of anilines is 1. The predicted molar refractivity (Wildman–Crippen MR) is 120 cm³/mol. The van der Waals surface area contributed by atoms with Crippen molar-refractivity contribution in [2.24, 2.45) is 11.0 Å². The summed E-state index contributed by atoms with van der Waals surface area (Å²) in [5, 5.41) is 24.5. The van der Waals surface area contributed by atoms with Crippen LogP contribution in [-0.4, -0.2) is 48.0 Å². The average molecular weight is 458 g/mol. The summed E-state index contributed by atoms with van der Waals surface area (Å²) in [6.45, 7) is 0.0935. The van der Waals surface area contributed by atoms with Crippen LogP contribution in [0.1, 0.15) is 18.4 Å². The zero-order valence-electron chi connectivity index (χ0n) is 17.0.